The molecule has 1 aliphatic rings. The Morgan fingerprint density at radius 1 is 1.24 bits per heavy atom. The third-order valence-electron chi connectivity index (χ3n) is 4.51. The first kappa shape index (κ1) is 17.0. The van der Waals surface area contributed by atoms with Gasteiger partial charge in [0.05, 0.1) is 0 Å². The minimum atomic E-state index is -0.0417. The fourth-order valence-corrected chi connectivity index (χ4v) is 3.19. The summed E-state index contributed by atoms with van der Waals surface area (Å²) in [6.45, 7) is 4.99. The van der Waals surface area contributed by atoms with Gasteiger partial charge in [-0.2, -0.15) is 0 Å². The number of hydrogen-bond acceptors (Lipinski definition) is 3. The number of amides is 1. The van der Waals surface area contributed by atoms with E-state index < -0.39 is 0 Å². The Kier molecular flexibility index (Phi) is 4.45. The zero-order chi connectivity index (χ0) is 18.0. The number of nitrogens with zero attached hydrogens (tertiary/aromatic N) is 2. The topological polar surface area (TPSA) is 59.2 Å². The lowest BCUT2D eigenvalue weighted by Crippen LogP contribution is -2.26. The van der Waals surface area contributed by atoms with Crippen LogP contribution < -0.4 is 5.73 Å². The highest BCUT2D eigenvalue weighted by molar-refractivity contribution is 5.93. The summed E-state index contributed by atoms with van der Waals surface area (Å²) >= 11 is 0. The van der Waals surface area contributed by atoms with Crippen LogP contribution in [0.2, 0.25) is 0 Å². The van der Waals surface area contributed by atoms with Gasteiger partial charge in [-0.1, -0.05) is 44.2 Å². The van der Waals surface area contributed by atoms with Gasteiger partial charge >= 0.3 is 0 Å². The van der Waals surface area contributed by atoms with Crippen LogP contribution in [0.3, 0.4) is 0 Å². The number of hydrogen-bond donors (Lipinski definition) is 1. The molecule has 128 valence electrons. The van der Waals surface area contributed by atoms with Crippen molar-refractivity contribution < 1.29 is 4.79 Å². The lowest BCUT2D eigenvalue weighted by Gasteiger charge is -2.17. The van der Waals surface area contributed by atoms with Gasteiger partial charge in [-0.3, -0.25) is 4.79 Å². The second-order valence-electron chi connectivity index (χ2n) is 6.98. The van der Waals surface area contributed by atoms with Gasteiger partial charge in [0.1, 0.15) is 5.82 Å². The number of nitrogens with two attached hydrogens (primary N) is 1. The zero-order valence-electron chi connectivity index (χ0n) is 14.9. The minimum absolute atomic E-state index is 0.00128. The molecule has 1 aromatic carbocycles. The molecule has 4 nitrogen and oxygen atoms in total. The molecule has 2 N–H and O–H groups in total. The van der Waals surface area contributed by atoms with Crippen LogP contribution in [0.1, 0.15) is 30.5 Å². The van der Waals surface area contributed by atoms with Crippen molar-refractivity contribution in [3.63, 3.8) is 0 Å². The molecular formula is C21H23N3O. The predicted molar refractivity (Wildman–Crippen MR) is 103 cm³/mol. The number of fused-ring (bicyclic) bond motifs is 1. The van der Waals surface area contributed by atoms with Crippen LogP contribution in [-0.4, -0.2) is 29.4 Å². The van der Waals surface area contributed by atoms with Crippen LogP contribution >= 0.6 is 0 Å². The summed E-state index contributed by atoms with van der Waals surface area (Å²) in [6, 6.07) is 12.0. The quantitative estimate of drug-likeness (QED) is 0.871. The third-order valence-corrected chi connectivity index (χ3v) is 4.51. The SMILES string of the molecule is CN(CC1=CC(C)(C)c2ccccc21)C(=O)/C=C/c1ccc(N)nc1. The highest BCUT2D eigenvalue weighted by Gasteiger charge is 2.29. The van der Waals surface area contributed by atoms with Crippen molar-refractivity contribution in [2.24, 2.45) is 0 Å². The molecule has 0 unspecified atom stereocenters. The van der Waals surface area contributed by atoms with Crippen molar-refractivity contribution in [3.05, 3.63) is 71.4 Å². The Labute approximate surface area is 148 Å². The van der Waals surface area contributed by atoms with Crippen molar-refractivity contribution in [2.75, 3.05) is 19.3 Å². The summed E-state index contributed by atoms with van der Waals surface area (Å²) in [5.41, 5.74) is 10.2. The summed E-state index contributed by atoms with van der Waals surface area (Å²) in [5.74, 6) is 0.426. The predicted octanol–water partition coefficient (Wildman–Crippen LogP) is 3.51. The number of nitrogen functional groups attached to an aromatic ring is 1. The molecule has 0 fully saturated rings. The van der Waals surface area contributed by atoms with Gasteiger partial charge in [0.25, 0.3) is 0 Å². The molecule has 0 spiro atoms. The molecule has 0 aliphatic heterocycles. The molecule has 1 aromatic heterocycles. The van der Waals surface area contributed by atoms with Crippen molar-refractivity contribution in [2.45, 2.75) is 19.3 Å². The molecule has 0 atom stereocenters. The number of pyridine rings is 1. The highest BCUT2D eigenvalue weighted by atomic mass is 16.2. The van der Waals surface area contributed by atoms with E-state index in [9.17, 15) is 4.79 Å². The van der Waals surface area contributed by atoms with Gasteiger partial charge in [-0.15, -0.1) is 0 Å². The Morgan fingerprint density at radius 3 is 2.72 bits per heavy atom. The van der Waals surface area contributed by atoms with Gasteiger partial charge in [-0.25, -0.2) is 4.98 Å². The molecule has 4 heteroatoms. The largest absolute Gasteiger partial charge is 0.384 e. The first-order valence-electron chi connectivity index (χ1n) is 8.33. The summed E-state index contributed by atoms with van der Waals surface area (Å²) in [4.78, 5) is 18.2. The number of anilines is 1. The van der Waals surface area contributed by atoms with E-state index in [0.29, 0.717) is 12.4 Å². The average molecular weight is 333 g/mol. The van der Waals surface area contributed by atoms with Crippen LogP contribution in [0.5, 0.6) is 0 Å². The van der Waals surface area contributed by atoms with E-state index in [1.54, 1.807) is 29.3 Å². The number of benzene rings is 1. The number of rotatable bonds is 4. The third kappa shape index (κ3) is 3.63. The van der Waals surface area contributed by atoms with Gasteiger partial charge in [0.2, 0.25) is 5.91 Å². The van der Waals surface area contributed by atoms with Crippen molar-refractivity contribution in [1.29, 1.82) is 0 Å². The average Bonchev–Trinajstić information content (AvgIpc) is 2.85. The lowest BCUT2D eigenvalue weighted by molar-refractivity contribution is -0.124. The van der Waals surface area contributed by atoms with Crippen LogP contribution in [0.25, 0.3) is 11.6 Å². The Balaban J connectivity index is 1.71. The van der Waals surface area contributed by atoms with Gasteiger partial charge < -0.3 is 10.6 Å². The van der Waals surface area contributed by atoms with E-state index in [4.69, 9.17) is 5.73 Å². The molecule has 1 heterocycles. The normalized spacial score (nSPS) is 15.1. The summed E-state index contributed by atoms with van der Waals surface area (Å²) in [5, 5.41) is 0. The molecule has 2 aromatic rings. The van der Waals surface area contributed by atoms with Crippen molar-refractivity contribution in [3.8, 4) is 0 Å². The van der Waals surface area contributed by atoms with Crippen molar-refractivity contribution >= 4 is 23.4 Å². The first-order chi connectivity index (χ1) is 11.9. The first-order valence-corrected chi connectivity index (χ1v) is 8.33. The van der Waals surface area contributed by atoms with Gasteiger partial charge in [0.15, 0.2) is 0 Å². The van der Waals surface area contributed by atoms with Gasteiger partial charge in [0, 0.05) is 31.3 Å². The zero-order valence-corrected chi connectivity index (χ0v) is 14.9. The molecule has 0 bridgehead atoms. The molecular weight excluding hydrogens is 310 g/mol. The molecule has 0 radical (unpaired) electrons. The molecule has 1 amide bonds. The second-order valence-corrected chi connectivity index (χ2v) is 6.98. The fourth-order valence-electron chi connectivity index (χ4n) is 3.19. The summed E-state index contributed by atoms with van der Waals surface area (Å²) in [6.07, 6.45) is 7.23. The lowest BCUT2D eigenvalue weighted by atomic mass is 9.87. The van der Waals surface area contributed by atoms with Crippen LogP contribution in [0.4, 0.5) is 5.82 Å². The number of allylic oxidation sites excluding steroid dienone is 1. The number of carbonyl (C=O) groups excluding carboxylic acids is 1. The number of aromatic nitrogens is 1. The van der Waals surface area contributed by atoms with E-state index in [-0.39, 0.29) is 11.3 Å². The fraction of sp³-hybridized carbons (Fsp3) is 0.238. The molecule has 1 aliphatic carbocycles. The number of likely N-dealkylation sites (N-methyl/N-ethyl adjacent to an activating group) is 1. The van der Waals surface area contributed by atoms with E-state index in [2.05, 4.69) is 43.1 Å². The van der Waals surface area contributed by atoms with Gasteiger partial charge in [-0.05, 0) is 40.5 Å². The van der Waals surface area contributed by atoms with E-state index >= 15 is 0 Å². The maximum absolute atomic E-state index is 12.4. The van der Waals surface area contributed by atoms with Crippen LogP contribution in [-0.2, 0) is 10.2 Å². The summed E-state index contributed by atoms with van der Waals surface area (Å²) in [7, 11) is 1.82. The standard InChI is InChI=1S/C21H23N3O/c1-21(2)12-16(17-6-4-5-7-18(17)21)14-24(3)20(25)11-9-15-8-10-19(22)23-13-15/h4-13H,14H2,1-3H3,(H2,22,23)/b11-9+. The Hall–Kier alpha value is -2.88. The summed E-state index contributed by atoms with van der Waals surface area (Å²) < 4.78 is 0. The molecule has 3 rings (SSSR count). The van der Waals surface area contributed by atoms with E-state index in [1.165, 1.54) is 16.7 Å². The molecule has 25 heavy (non-hydrogen) atoms. The van der Waals surface area contributed by atoms with E-state index in [0.717, 1.165) is 5.56 Å². The smallest absolute Gasteiger partial charge is 0.246 e. The highest BCUT2D eigenvalue weighted by Crippen LogP contribution is 2.40. The minimum Gasteiger partial charge on any atom is -0.384 e. The molecule has 0 saturated carbocycles. The van der Waals surface area contributed by atoms with Crippen molar-refractivity contribution in [1.82, 2.24) is 9.88 Å². The Morgan fingerprint density at radius 2 is 2.00 bits per heavy atom. The monoisotopic (exact) mass is 333 g/mol. The van der Waals surface area contributed by atoms with E-state index in [1.807, 2.05) is 19.2 Å². The number of carbonyl (C=O) groups is 1. The maximum Gasteiger partial charge on any atom is 0.246 e. The Bertz CT molecular complexity index is 848. The van der Waals surface area contributed by atoms with Crippen LogP contribution in [0.15, 0.2) is 54.7 Å². The van der Waals surface area contributed by atoms with Crippen LogP contribution in [0, 0.1) is 0 Å². The molecule has 0 saturated heterocycles. The second kappa shape index (κ2) is 6.55. The maximum atomic E-state index is 12.4.